The number of carbonyl (C=O) groups is 1. The largest absolute Gasteiger partial charge is 0.480 e. The van der Waals surface area contributed by atoms with E-state index in [1.165, 1.54) is 18.1 Å². The maximum atomic E-state index is 11.4. The number of hydrogen-bond acceptors (Lipinski definition) is 5. The van der Waals surface area contributed by atoms with Gasteiger partial charge in [0, 0.05) is 26.1 Å². The van der Waals surface area contributed by atoms with Crippen molar-refractivity contribution in [1.82, 2.24) is 9.97 Å². The Balaban J connectivity index is 2.99. The lowest BCUT2D eigenvalue weighted by molar-refractivity contribution is -0.135. The highest BCUT2D eigenvalue weighted by Crippen LogP contribution is 2.07. The SMILES string of the molecule is CCc1nc(N(CCOC)CC(=O)O)cc(=O)[nH]1. The van der Waals surface area contributed by atoms with Crippen molar-refractivity contribution in [3.63, 3.8) is 0 Å². The first-order valence-electron chi connectivity index (χ1n) is 5.62. The zero-order chi connectivity index (χ0) is 13.5. The molecule has 1 heterocycles. The Morgan fingerprint density at radius 3 is 2.89 bits per heavy atom. The summed E-state index contributed by atoms with van der Waals surface area (Å²) in [7, 11) is 1.53. The first-order chi connectivity index (χ1) is 8.56. The summed E-state index contributed by atoms with van der Waals surface area (Å²) in [6.45, 7) is 2.37. The van der Waals surface area contributed by atoms with Crippen LogP contribution < -0.4 is 10.5 Å². The van der Waals surface area contributed by atoms with Crippen molar-refractivity contribution in [3.05, 3.63) is 22.2 Å². The fourth-order valence-electron chi connectivity index (χ4n) is 1.46. The van der Waals surface area contributed by atoms with Gasteiger partial charge in [0.05, 0.1) is 6.61 Å². The summed E-state index contributed by atoms with van der Waals surface area (Å²) >= 11 is 0. The van der Waals surface area contributed by atoms with E-state index < -0.39 is 5.97 Å². The maximum Gasteiger partial charge on any atom is 0.323 e. The number of methoxy groups -OCH3 is 1. The number of H-pyrrole nitrogens is 1. The van der Waals surface area contributed by atoms with E-state index in [4.69, 9.17) is 9.84 Å². The normalized spacial score (nSPS) is 10.3. The first kappa shape index (κ1) is 14.2. The van der Waals surface area contributed by atoms with Crippen LogP contribution in [0.25, 0.3) is 0 Å². The molecule has 100 valence electrons. The van der Waals surface area contributed by atoms with E-state index >= 15 is 0 Å². The van der Waals surface area contributed by atoms with Gasteiger partial charge in [-0.25, -0.2) is 4.98 Å². The molecule has 0 saturated heterocycles. The molecule has 0 aliphatic rings. The average Bonchev–Trinajstić information content (AvgIpc) is 2.33. The number of nitrogens with zero attached hydrogens (tertiary/aromatic N) is 2. The summed E-state index contributed by atoms with van der Waals surface area (Å²) < 4.78 is 4.91. The molecule has 0 aliphatic heterocycles. The molecule has 0 atom stereocenters. The summed E-state index contributed by atoms with van der Waals surface area (Å²) in [5.41, 5.74) is -0.287. The molecule has 2 N–H and O–H groups in total. The molecule has 1 aromatic rings. The van der Waals surface area contributed by atoms with E-state index in [-0.39, 0.29) is 12.1 Å². The molecule has 7 nitrogen and oxygen atoms in total. The molecule has 7 heteroatoms. The second-order valence-electron chi connectivity index (χ2n) is 3.71. The fraction of sp³-hybridized carbons (Fsp3) is 0.545. The molecule has 0 unspecified atom stereocenters. The summed E-state index contributed by atoms with van der Waals surface area (Å²) in [5, 5.41) is 8.84. The number of aromatic amines is 1. The van der Waals surface area contributed by atoms with Gasteiger partial charge in [0.2, 0.25) is 0 Å². The number of aromatic nitrogens is 2. The third-order valence-corrected chi connectivity index (χ3v) is 2.33. The minimum atomic E-state index is -0.980. The van der Waals surface area contributed by atoms with Crippen LogP contribution in [-0.2, 0) is 16.0 Å². The van der Waals surface area contributed by atoms with Crippen molar-refractivity contribution in [3.8, 4) is 0 Å². The lowest BCUT2D eigenvalue weighted by Crippen LogP contribution is -2.34. The molecule has 1 rings (SSSR count). The molecule has 0 aromatic carbocycles. The highest BCUT2D eigenvalue weighted by molar-refractivity contribution is 5.73. The van der Waals surface area contributed by atoms with Gasteiger partial charge < -0.3 is 19.7 Å². The van der Waals surface area contributed by atoms with Crippen LogP contribution in [-0.4, -0.2) is 47.8 Å². The van der Waals surface area contributed by atoms with Crippen molar-refractivity contribution < 1.29 is 14.6 Å². The summed E-state index contributed by atoms with van der Waals surface area (Å²) in [6.07, 6.45) is 0.578. The molecule has 0 radical (unpaired) electrons. The van der Waals surface area contributed by atoms with Crippen LogP contribution in [0, 0.1) is 0 Å². The molecule has 1 aromatic heterocycles. The lowest BCUT2D eigenvalue weighted by Gasteiger charge is -2.21. The van der Waals surface area contributed by atoms with E-state index in [2.05, 4.69) is 9.97 Å². The second kappa shape index (κ2) is 6.75. The van der Waals surface area contributed by atoms with Crippen LogP contribution in [0.1, 0.15) is 12.7 Å². The number of carboxylic acids is 1. The summed E-state index contributed by atoms with van der Waals surface area (Å²) in [5.74, 6) is -0.0911. The Morgan fingerprint density at radius 1 is 1.61 bits per heavy atom. The highest BCUT2D eigenvalue weighted by atomic mass is 16.5. The molecule has 0 saturated carbocycles. The van der Waals surface area contributed by atoms with E-state index in [1.54, 1.807) is 0 Å². The number of ether oxygens (including phenoxy) is 1. The van der Waals surface area contributed by atoms with Crippen LogP contribution >= 0.6 is 0 Å². The molecule has 0 amide bonds. The van der Waals surface area contributed by atoms with Crippen LogP contribution in [0.4, 0.5) is 5.82 Å². The van der Waals surface area contributed by atoms with Crippen LogP contribution in [0.2, 0.25) is 0 Å². The number of rotatable bonds is 7. The molecular weight excluding hydrogens is 238 g/mol. The van der Waals surface area contributed by atoms with Crippen molar-refractivity contribution in [2.24, 2.45) is 0 Å². The zero-order valence-electron chi connectivity index (χ0n) is 10.5. The van der Waals surface area contributed by atoms with Gasteiger partial charge in [0.25, 0.3) is 5.56 Å². The highest BCUT2D eigenvalue weighted by Gasteiger charge is 2.13. The Morgan fingerprint density at radius 2 is 2.33 bits per heavy atom. The van der Waals surface area contributed by atoms with Crippen molar-refractivity contribution in [2.45, 2.75) is 13.3 Å². The lowest BCUT2D eigenvalue weighted by atomic mass is 10.4. The van der Waals surface area contributed by atoms with E-state index in [0.717, 1.165) is 0 Å². The Labute approximate surface area is 104 Å². The molecule has 0 bridgehead atoms. The zero-order valence-corrected chi connectivity index (χ0v) is 10.5. The Bertz CT molecular complexity index is 458. The van der Waals surface area contributed by atoms with Gasteiger partial charge in [-0.05, 0) is 0 Å². The minimum Gasteiger partial charge on any atom is -0.480 e. The quantitative estimate of drug-likeness (QED) is 0.704. The number of nitrogens with one attached hydrogen (secondary N) is 1. The van der Waals surface area contributed by atoms with Crippen molar-refractivity contribution in [1.29, 1.82) is 0 Å². The van der Waals surface area contributed by atoms with Gasteiger partial charge >= 0.3 is 5.97 Å². The van der Waals surface area contributed by atoms with E-state index in [1.807, 2.05) is 6.92 Å². The molecular formula is C11H17N3O4. The Hall–Kier alpha value is -1.89. The molecule has 18 heavy (non-hydrogen) atoms. The van der Waals surface area contributed by atoms with Crippen molar-refractivity contribution in [2.75, 3.05) is 31.7 Å². The van der Waals surface area contributed by atoms with Gasteiger partial charge in [-0.3, -0.25) is 9.59 Å². The topological polar surface area (TPSA) is 95.5 Å². The molecule has 0 spiro atoms. The van der Waals surface area contributed by atoms with Gasteiger partial charge in [-0.2, -0.15) is 0 Å². The standard InChI is InChI=1S/C11H17N3O4/c1-3-8-12-9(6-10(15)13-8)14(4-5-18-2)7-11(16)17/h6H,3-5,7H2,1-2H3,(H,16,17)(H,12,13,15). The van der Waals surface area contributed by atoms with Crippen LogP contribution in [0.5, 0.6) is 0 Å². The van der Waals surface area contributed by atoms with Crippen LogP contribution in [0.15, 0.2) is 10.9 Å². The minimum absolute atomic E-state index is 0.219. The summed E-state index contributed by atoms with van der Waals surface area (Å²) in [6, 6.07) is 1.29. The maximum absolute atomic E-state index is 11.4. The third-order valence-electron chi connectivity index (χ3n) is 2.33. The predicted molar refractivity (Wildman–Crippen MR) is 66.0 cm³/mol. The van der Waals surface area contributed by atoms with E-state index in [0.29, 0.717) is 31.2 Å². The van der Waals surface area contributed by atoms with Crippen LogP contribution in [0.3, 0.4) is 0 Å². The number of carboxylic acid groups (broad SMARTS) is 1. The van der Waals surface area contributed by atoms with Gasteiger partial charge in [0.15, 0.2) is 0 Å². The third kappa shape index (κ3) is 4.17. The second-order valence-corrected chi connectivity index (χ2v) is 3.71. The Kier molecular flexibility index (Phi) is 5.31. The number of hydrogen-bond donors (Lipinski definition) is 2. The average molecular weight is 255 g/mol. The van der Waals surface area contributed by atoms with Gasteiger partial charge in [-0.1, -0.05) is 6.92 Å². The molecule has 0 aliphatic carbocycles. The number of aliphatic carboxylic acids is 1. The summed E-state index contributed by atoms with van der Waals surface area (Å²) in [4.78, 5) is 30.5. The number of aryl methyl sites for hydroxylation is 1. The van der Waals surface area contributed by atoms with Gasteiger partial charge in [-0.15, -0.1) is 0 Å². The smallest absolute Gasteiger partial charge is 0.323 e. The number of anilines is 1. The van der Waals surface area contributed by atoms with Gasteiger partial charge in [0.1, 0.15) is 18.2 Å². The first-order valence-corrected chi connectivity index (χ1v) is 5.62. The monoisotopic (exact) mass is 255 g/mol. The van der Waals surface area contributed by atoms with Crippen molar-refractivity contribution >= 4 is 11.8 Å². The van der Waals surface area contributed by atoms with E-state index in [9.17, 15) is 9.59 Å². The predicted octanol–water partition coefficient (Wildman–Crippen LogP) is -0.130. The fourth-order valence-corrected chi connectivity index (χ4v) is 1.46. The molecule has 0 fully saturated rings.